The van der Waals surface area contributed by atoms with E-state index in [0.29, 0.717) is 12.6 Å². The van der Waals surface area contributed by atoms with E-state index in [1.807, 2.05) is 0 Å². The van der Waals surface area contributed by atoms with Crippen LogP contribution in [-0.4, -0.2) is 19.1 Å². The zero-order valence-electron chi connectivity index (χ0n) is 6.56. The van der Waals surface area contributed by atoms with Crippen LogP contribution >= 0.6 is 0 Å². The predicted molar refractivity (Wildman–Crippen MR) is 44.6 cm³/mol. The van der Waals surface area contributed by atoms with Gasteiger partial charge in [-0.3, -0.25) is 0 Å². The Bertz CT molecular complexity index is 100. The molecule has 1 atom stereocenters. The third kappa shape index (κ3) is 4.37. The number of rotatable bonds is 5. The Morgan fingerprint density at radius 1 is 1.70 bits per heavy atom. The van der Waals surface area contributed by atoms with E-state index in [-0.39, 0.29) is 0 Å². The molecule has 10 heavy (non-hydrogen) atoms. The third-order valence-corrected chi connectivity index (χ3v) is 1.48. The highest BCUT2D eigenvalue weighted by atomic mass is 14.9. The number of hydrogen-bond acceptors (Lipinski definition) is 2. The zero-order chi connectivity index (χ0) is 7.82. The van der Waals surface area contributed by atoms with Gasteiger partial charge in [-0.05, 0) is 6.42 Å². The molecule has 0 saturated carbocycles. The van der Waals surface area contributed by atoms with Crippen molar-refractivity contribution in [2.45, 2.75) is 25.8 Å². The molecule has 2 heteroatoms. The number of terminal acetylenes is 1. The Morgan fingerprint density at radius 2 is 2.40 bits per heavy atom. The second kappa shape index (κ2) is 6.60. The molecule has 58 valence electrons. The van der Waals surface area contributed by atoms with E-state index in [1.165, 1.54) is 0 Å². The maximum Gasteiger partial charge on any atom is 0.0212 e. The van der Waals surface area contributed by atoms with Gasteiger partial charge < -0.3 is 11.1 Å². The minimum Gasteiger partial charge on any atom is -0.329 e. The SMILES string of the molecule is C#CCCNC(CC)CN. The Hall–Kier alpha value is -0.520. The molecule has 3 N–H and O–H groups in total. The average Bonchev–Trinajstić information content (AvgIpc) is 1.99. The van der Waals surface area contributed by atoms with Crippen molar-refractivity contribution in [2.24, 2.45) is 5.73 Å². The van der Waals surface area contributed by atoms with Gasteiger partial charge in [-0.25, -0.2) is 0 Å². The Balaban J connectivity index is 3.19. The van der Waals surface area contributed by atoms with Crippen molar-refractivity contribution in [1.29, 1.82) is 0 Å². The summed E-state index contributed by atoms with van der Waals surface area (Å²) in [6.45, 7) is 3.69. The standard InChI is InChI=1S/C8H16N2/c1-3-5-6-10-8(4-2)7-9/h1,8,10H,4-7,9H2,2H3. The van der Waals surface area contributed by atoms with Gasteiger partial charge in [0.1, 0.15) is 0 Å². The van der Waals surface area contributed by atoms with Crippen LogP contribution in [0.3, 0.4) is 0 Å². The van der Waals surface area contributed by atoms with Crippen LogP contribution in [0.2, 0.25) is 0 Å². The minimum atomic E-state index is 0.438. The molecule has 0 aromatic heterocycles. The summed E-state index contributed by atoms with van der Waals surface area (Å²) in [5.74, 6) is 2.57. The van der Waals surface area contributed by atoms with Crippen molar-refractivity contribution in [2.75, 3.05) is 13.1 Å². The molecule has 1 unspecified atom stereocenters. The molecule has 0 aromatic rings. The van der Waals surface area contributed by atoms with Crippen LogP contribution in [-0.2, 0) is 0 Å². The monoisotopic (exact) mass is 140 g/mol. The molecule has 0 aliphatic rings. The summed E-state index contributed by atoms with van der Waals surface area (Å²) < 4.78 is 0. The number of hydrogen-bond donors (Lipinski definition) is 2. The van der Waals surface area contributed by atoms with E-state index in [0.717, 1.165) is 19.4 Å². The fraction of sp³-hybridized carbons (Fsp3) is 0.750. The fourth-order valence-electron chi connectivity index (χ4n) is 0.743. The number of nitrogens with one attached hydrogen (secondary N) is 1. The summed E-state index contributed by atoms with van der Waals surface area (Å²) in [6, 6.07) is 0.438. The van der Waals surface area contributed by atoms with Crippen molar-refractivity contribution in [3.05, 3.63) is 0 Å². The molecule has 0 aliphatic carbocycles. The lowest BCUT2D eigenvalue weighted by atomic mass is 10.2. The molecule has 0 bridgehead atoms. The highest BCUT2D eigenvalue weighted by Crippen LogP contribution is 1.86. The lowest BCUT2D eigenvalue weighted by Crippen LogP contribution is -2.35. The molecule has 0 fully saturated rings. The van der Waals surface area contributed by atoms with Crippen LogP contribution in [0.5, 0.6) is 0 Å². The summed E-state index contributed by atoms with van der Waals surface area (Å²) in [7, 11) is 0. The first-order valence-electron chi connectivity index (χ1n) is 3.72. The highest BCUT2D eigenvalue weighted by Gasteiger charge is 1.99. The van der Waals surface area contributed by atoms with Crippen LogP contribution in [0.1, 0.15) is 19.8 Å². The summed E-state index contributed by atoms with van der Waals surface area (Å²) in [4.78, 5) is 0. The quantitative estimate of drug-likeness (QED) is 0.427. The maximum atomic E-state index is 5.45. The zero-order valence-corrected chi connectivity index (χ0v) is 6.56. The Kier molecular flexibility index (Phi) is 6.25. The van der Waals surface area contributed by atoms with Crippen LogP contribution in [0.15, 0.2) is 0 Å². The molecule has 0 radical (unpaired) electrons. The molecular formula is C8H16N2. The van der Waals surface area contributed by atoms with Crippen LogP contribution < -0.4 is 11.1 Å². The second-order valence-electron chi connectivity index (χ2n) is 2.25. The normalized spacial score (nSPS) is 12.5. The summed E-state index contributed by atoms with van der Waals surface area (Å²) in [5.41, 5.74) is 5.45. The molecule has 0 heterocycles. The maximum absolute atomic E-state index is 5.45. The third-order valence-electron chi connectivity index (χ3n) is 1.48. The van der Waals surface area contributed by atoms with E-state index in [4.69, 9.17) is 12.2 Å². The lowest BCUT2D eigenvalue weighted by Gasteiger charge is -2.12. The van der Waals surface area contributed by atoms with E-state index in [1.54, 1.807) is 0 Å². The molecule has 0 aromatic carbocycles. The molecule has 0 spiro atoms. The topological polar surface area (TPSA) is 38.0 Å². The molecule has 0 amide bonds. The first-order chi connectivity index (χ1) is 4.85. The molecule has 0 aliphatic heterocycles. The van der Waals surface area contributed by atoms with E-state index >= 15 is 0 Å². The van der Waals surface area contributed by atoms with Gasteiger partial charge in [0.2, 0.25) is 0 Å². The minimum absolute atomic E-state index is 0.438. The Morgan fingerprint density at radius 3 is 2.80 bits per heavy atom. The highest BCUT2D eigenvalue weighted by molar-refractivity contribution is 4.84. The molecule has 2 nitrogen and oxygen atoms in total. The van der Waals surface area contributed by atoms with Gasteiger partial charge in [0.15, 0.2) is 0 Å². The van der Waals surface area contributed by atoms with Crippen molar-refractivity contribution in [3.63, 3.8) is 0 Å². The van der Waals surface area contributed by atoms with Gasteiger partial charge >= 0.3 is 0 Å². The van der Waals surface area contributed by atoms with Crippen LogP contribution in [0, 0.1) is 12.3 Å². The van der Waals surface area contributed by atoms with Gasteiger partial charge in [-0.15, -0.1) is 12.3 Å². The van der Waals surface area contributed by atoms with Gasteiger partial charge in [0, 0.05) is 25.6 Å². The van der Waals surface area contributed by atoms with E-state index in [9.17, 15) is 0 Å². The largest absolute Gasteiger partial charge is 0.329 e. The molecule has 0 rings (SSSR count). The van der Waals surface area contributed by atoms with Crippen LogP contribution in [0.25, 0.3) is 0 Å². The van der Waals surface area contributed by atoms with Crippen molar-refractivity contribution in [1.82, 2.24) is 5.32 Å². The molecule has 0 saturated heterocycles. The van der Waals surface area contributed by atoms with Gasteiger partial charge in [0.25, 0.3) is 0 Å². The van der Waals surface area contributed by atoms with Crippen LogP contribution in [0.4, 0.5) is 0 Å². The Labute approximate surface area is 63.2 Å². The average molecular weight is 140 g/mol. The van der Waals surface area contributed by atoms with E-state index < -0.39 is 0 Å². The predicted octanol–water partition coefficient (Wildman–Crippen LogP) is 0.337. The van der Waals surface area contributed by atoms with Crippen molar-refractivity contribution >= 4 is 0 Å². The van der Waals surface area contributed by atoms with E-state index in [2.05, 4.69) is 18.2 Å². The van der Waals surface area contributed by atoms with Gasteiger partial charge in [-0.1, -0.05) is 6.92 Å². The summed E-state index contributed by atoms with van der Waals surface area (Å²) >= 11 is 0. The molecular weight excluding hydrogens is 124 g/mol. The number of nitrogens with two attached hydrogens (primary N) is 1. The fourth-order valence-corrected chi connectivity index (χ4v) is 0.743. The van der Waals surface area contributed by atoms with Gasteiger partial charge in [0.05, 0.1) is 0 Å². The first-order valence-corrected chi connectivity index (χ1v) is 3.72. The summed E-state index contributed by atoms with van der Waals surface area (Å²) in [5, 5.41) is 3.25. The van der Waals surface area contributed by atoms with Gasteiger partial charge in [-0.2, -0.15) is 0 Å². The van der Waals surface area contributed by atoms with Crippen molar-refractivity contribution < 1.29 is 0 Å². The lowest BCUT2D eigenvalue weighted by molar-refractivity contribution is 0.513. The summed E-state index contributed by atoms with van der Waals surface area (Å²) in [6.07, 6.45) is 6.94. The first kappa shape index (κ1) is 9.48. The van der Waals surface area contributed by atoms with Crippen molar-refractivity contribution in [3.8, 4) is 12.3 Å². The smallest absolute Gasteiger partial charge is 0.0212 e. The second-order valence-corrected chi connectivity index (χ2v) is 2.25.